The van der Waals surface area contributed by atoms with Crippen molar-refractivity contribution in [3.05, 3.63) is 58.7 Å². The van der Waals surface area contributed by atoms with Gasteiger partial charge >= 0.3 is 8.60 Å². The molecule has 0 aromatic heterocycles. The summed E-state index contributed by atoms with van der Waals surface area (Å²) in [5, 5.41) is 0. The van der Waals surface area contributed by atoms with Gasteiger partial charge in [0.05, 0.1) is 11.9 Å². The van der Waals surface area contributed by atoms with Gasteiger partial charge in [0.1, 0.15) is 11.5 Å². The molecule has 112 valence electrons. The maximum Gasteiger partial charge on any atom is 0.481 e. The molecule has 0 radical (unpaired) electrons. The van der Waals surface area contributed by atoms with Crippen molar-refractivity contribution in [1.82, 2.24) is 0 Å². The lowest BCUT2D eigenvalue weighted by Crippen LogP contribution is -1.98. The van der Waals surface area contributed by atoms with Gasteiger partial charge in [-0.05, 0) is 51.0 Å². The van der Waals surface area contributed by atoms with Crippen molar-refractivity contribution in [2.24, 2.45) is 0 Å². The maximum absolute atomic E-state index is 5.73. The Morgan fingerprint density at radius 2 is 1.19 bits per heavy atom. The van der Waals surface area contributed by atoms with Gasteiger partial charge < -0.3 is 9.05 Å². The molecule has 2 aromatic carbocycles. The van der Waals surface area contributed by atoms with E-state index in [0.717, 1.165) is 11.1 Å². The van der Waals surface area contributed by atoms with Crippen molar-refractivity contribution in [3.8, 4) is 11.5 Å². The number of halogens is 1. The van der Waals surface area contributed by atoms with Crippen LogP contribution in [0.5, 0.6) is 11.5 Å². The summed E-state index contributed by atoms with van der Waals surface area (Å²) < 4.78 is 16.3. The van der Waals surface area contributed by atoms with Gasteiger partial charge in [0.25, 0.3) is 0 Å². The Morgan fingerprint density at radius 3 is 1.52 bits per heavy atom. The summed E-state index contributed by atoms with van der Waals surface area (Å²) >= 11 is 5.51. The normalized spacial score (nSPS) is 10.8. The molecule has 0 saturated heterocycles. The van der Waals surface area contributed by atoms with E-state index in [9.17, 15) is 0 Å². The second-order valence-corrected chi connectivity index (χ2v) is 6.38. The number of hydrogen-bond donors (Lipinski definition) is 0. The van der Waals surface area contributed by atoms with Crippen LogP contribution in [-0.4, -0.2) is 0 Å². The summed E-state index contributed by atoms with van der Waals surface area (Å²) in [6, 6.07) is 11.8. The first-order valence-corrected chi connectivity index (χ1v) is 7.99. The van der Waals surface area contributed by atoms with Crippen molar-refractivity contribution < 1.29 is 13.1 Å². The molecule has 2 rings (SSSR count). The number of benzene rings is 2. The van der Waals surface area contributed by atoms with E-state index in [1.807, 2.05) is 64.1 Å². The summed E-state index contributed by atoms with van der Waals surface area (Å²) in [7, 11) is -1.70. The third kappa shape index (κ3) is 4.34. The van der Waals surface area contributed by atoms with Crippen molar-refractivity contribution in [3.63, 3.8) is 0 Å². The lowest BCUT2D eigenvalue weighted by molar-refractivity contribution is 0.400. The third-order valence-corrected chi connectivity index (χ3v) is 4.21. The predicted octanol–water partition coefficient (Wildman–Crippen LogP) is 5.78. The first-order valence-electron chi connectivity index (χ1n) is 6.59. The molecule has 21 heavy (non-hydrogen) atoms. The lowest BCUT2D eigenvalue weighted by Gasteiger charge is -2.17. The summed E-state index contributed by atoms with van der Waals surface area (Å²) in [5.41, 5.74) is 4.37. The van der Waals surface area contributed by atoms with Gasteiger partial charge in [0.2, 0.25) is 0 Å². The second-order valence-electron chi connectivity index (χ2n) is 5.01. The Labute approximate surface area is 132 Å². The molecule has 0 spiro atoms. The Bertz CT molecular complexity index is 577. The van der Waals surface area contributed by atoms with Crippen molar-refractivity contribution >= 4 is 20.5 Å². The van der Waals surface area contributed by atoms with Crippen LogP contribution in [0.25, 0.3) is 0 Å². The minimum absolute atomic E-state index is 0.706. The van der Waals surface area contributed by atoms with Crippen LogP contribution in [0.4, 0.5) is 0 Å². The van der Waals surface area contributed by atoms with Gasteiger partial charge in [-0.1, -0.05) is 35.4 Å². The predicted molar refractivity (Wildman–Crippen MR) is 86.9 cm³/mol. The van der Waals surface area contributed by atoms with E-state index in [1.54, 1.807) is 0 Å². The fraction of sp³-hybridized carbons (Fsp3) is 0.250. The molecule has 3 nitrogen and oxygen atoms in total. The highest BCUT2D eigenvalue weighted by Gasteiger charge is 2.19. The second kappa shape index (κ2) is 7.13. The van der Waals surface area contributed by atoms with Crippen LogP contribution < -0.4 is 9.05 Å². The van der Waals surface area contributed by atoms with E-state index in [4.69, 9.17) is 25.0 Å². The molecule has 0 bridgehead atoms. The topological polar surface area (TPSA) is 27.7 Å². The maximum atomic E-state index is 5.73. The van der Waals surface area contributed by atoms with Gasteiger partial charge in [-0.2, -0.15) is 4.08 Å². The van der Waals surface area contributed by atoms with Crippen LogP contribution in [0.15, 0.2) is 36.4 Å². The summed E-state index contributed by atoms with van der Waals surface area (Å²) in [6.07, 6.45) is 0. The molecule has 0 heterocycles. The van der Waals surface area contributed by atoms with E-state index in [2.05, 4.69) is 0 Å². The van der Waals surface area contributed by atoms with Crippen LogP contribution >= 0.6 is 20.5 Å². The number of rotatable bonds is 5. The number of aryl methyl sites for hydroxylation is 4. The van der Waals surface area contributed by atoms with Gasteiger partial charge in [-0.25, -0.2) is 0 Å². The molecule has 5 heteroatoms. The number of hydrogen-bond acceptors (Lipinski definition) is 3. The van der Waals surface area contributed by atoms with Crippen LogP contribution in [0.3, 0.4) is 0 Å². The van der Waals surface area contributed by atoms with Gasteiger partial charge in [-0.15, -0.1) is 0 Å². The SMILES string of the molecule is Cc1ccc(OP(OCl)Oc2ccc(C)cc2C)c(C)c1. The Hall–Kier alpha value is -1.28. The highest BCUT2D eigenvalue weighted by Crippen LogP contribution is 2.44. The largest absolute Gasteiger partial charge is 0.481 e. The molecule has 0 atom stereocenters. The van der Waals surface area contributed by atoms with Crippen LogP contribution in [0.1, 0.15) is 22.3 Å². The van der Waals surface area contributed by atoms with Crippen molar-refractivity contribution in [2.75, 3.05) is 0 Å². The Kier molecular flexibility index (Phi) is 5.46. The molecule has 0 aliphatic rings. The zero-order valence-electron chi connectivity index (χ0n) is 12.5. The Balaban J connectivity index is 2.13. The first kappa shape index (κ1) is 16.1. The zero-order valence-corrected chi connectivity index (χ0v) is 14.2. The Morgan fingerprint density at radius 1 is 0.762 bits per heavy atom. The zero-order chi connectivity index (χ0) is 15.4. The van der Waals surface area contributed by atoms with E-state index in [-0.39, 0.29) is 0 Å². The molecular weight excluding hydrogens is 307 g/mol. The molecule has 0 saturated carbocycles. The minimum Gasteiger partial charge on any atom is -0.417 e. The average molecular weight is 325 g/mol. The highest BCUT2D eigenvalue weighted by molar-refractivity contribution is 7.43. The van der Waals surface area contributed by atoms with Crippen LogP contribution in [0, 0.1) is 27.7 Å². The summed E-state index contributed by atoms with van der Waals surface area (Å²) in [5.74, 6) is 1.41. The van der Waals surface area contributed by atoms with E-state index >= 15 is 0 Å². The molecule has 0 unspecified atom stereocenters. The van der Waals surface area contributed by atoms with Crippen LogP contribution in [0.2, 0.25) is 0 Å². The molecule has 0 N–H and O–H groups in total. The molecule has 0 fully saturated rings. The monoisotopic (exact) mass is 324 g/mol. The minimum atomic E-state index is -1.70. The summed E-state index contributed by atoms with van der Waals surface area (Å²) in [4.78, 5) is 0. The average Bonchev–Trinajstić information content (AvgIpc) is 2.43. The highest BCUT2D eigenvalue weighted by atomic mass is 35.5. The van der Waals surface area contributed by atoms with E-state index in [1.165, 1.54) is 11.1 Å². The molecular formula is C16H18ClO3P. The quantitative estimate of drug-likeness (QED) is 0.653. The first-order chi connectivity index (χ1) is 9.99. The fourth-order valence-electron chi connectivity index (χ4n) is 2.01. The molecule has 0 amide bonds. The van der Waals surface area contributed by atoms with E-state index in [0.29, 0.717) is 11.5 Å². The lowest BCUT2D eigenvalue weighted by atomic mass is 10.1. The smallest absolute Gasteiger partial charge is 0.417 e. The summed E-state index contributed by atoms with van der Waals surface area (Å²) in [6.45, 7) is 8.01. The molecule has 2 aromatic rings. The van der Waals surface area contributed by atoms with Crippen molar-refractivity contribution in [1.29, 1.82) is 0 Å². The third-order valence-electron chi connectivity index (χ3n) is 3.06. The standard InChI is InChI=1S/C16H18ClO3P/c1-11-5-7-15(13(3)9-11)18-21(20-17)19-16-8-6-12(2)10-14(16)4/h5-10H,1-4H3. The van der Waals surface area contributed by atoms with Gasteiger partial charge in [0.15, 0.2) is 0 Å². The van der Waals surface area contributed by atoms with Gasteiger partial charge in [-0.3, -0.25) is 0 Å². The van der Waals surface area contributed by atoms with Crippen LogP contribution in [-0.2, 0) is 4.08 Å². The fourth-order valence-corrected chi connectivity index (χ4v) is 3.00. The molecule has 0 aliphatic heterocycles. The van der Waals surface area contributed by atoms with E-state index < -0.39 is 8.60 Å². The molecule has 0 aliphatic carbocycles. The van der Waals surface area contributed by atoms with Gasteiger partial charge in [0, 0.05) is 0 Å². The van der Waals surface area contributed by atoms with Crippen molar-refractivity contribution in [2.45, 2.75) is 27.7 Å².